The second-order valence-electron chi connectivity index (χ2n) is 9.15. The third kappa shape index (κ3) is 3.42. The fourth-order valence-electron chi connectivity index (χ4n) is 4.53. The van der Waals surface area contributed by atoms with Crippen molar-refractivity contribution in [3.63, 3.8) is 0 Å². The zero-order valence-corrected chi connectivity index (χ0v) is 18.9. The summed E-state index contributed by atoms with van der Waals surface area (Å²) >= 11 is 6.68. The van der Waals surface area contributed by atoms with Gasteiger partial charge in [0.2, 0.25) is 0 Å². The monoisotopic (exact) mass is 420 g/mol. The second-order valence-corrected chi connectivity index (χ2v) is 9.56. The smallest absolute Gasteiger partial charge is 0.0484 e. The molecule has 0 unspecified atom stereocenters. The van der Waals surface area contributed by atoms with Gasteiger partial charge in [-0.25, -0.2) is 0 Å². The molecule has 1 heteroatoms. The average Bonchev–Trinajstić information content (AvgIpc) is 2.77. The van der Waals surface area contributed by atoms with Gasteiger partial charge in [0.15, 0.2) is 0 Å². The summed E-state index contributed by atoms with van der Waals surface area (Å²) in [6.45, 7) is 6.77. The van der Waals surface area contributed by atoms with Gasteiger partial charge in [0, 0.05) is 10.6 Å². The SMILES string of the molecule is CC(C)(C)c1ccc(-c2c3ccccc3c(-c3ccccc3Cl)c3ccccc23)cc1. The Kier molecular flexibility index (Phi) is 4.84. The third-order valence-electron chi connectivity index (χ3n) is 6.11. The van der Waals surface area contributed by atoms with Crippen molar-refractivity contribution in [1.29, 1.82) is 0 Å². The van der Waals surface area contributed by atoms with E-state index in [9.17, 15) is 0 Å². The number of benzene rings is 5. The Balaban J connectivity index is 1.90. The van der Waals surface area contributed by atoms with Gasteiger partial charge in [-0.05, 0) is 55.3 Å². The van der Waals surface area contributed by atoms with Crippen molar-refractivity contribution in [3.05, 3.63) is 108 Å². The molecular formula is C30H25Cl. The van der Waals surface area contributed by atoms with Gasteiger partial charge in [-0.2, -0.15) is 0 Å². The van der Waals surface area contributed by atoms with Crippen LogP contribution in [0.1, 0.15) is 26.3 Å². The quantitative estimate of drug-likeness (QED) is 0.249. The topological polar surface area (TPSA) is 0 Å². The van der Waals surface area contributed by atoms with E-state index in [4.69, 9.17) is 11.6 Å². The van der Waals surface area contributed by atoms with E-state index >= 15 is 0 Å². The Hall–Kier alpha value is -3.09. The molecule has 5 aromatic carbocycles. The van der Waals surface area contributed by atoms with Gasteiger partial charge in [-0.1, -0.05) is 123 Å². The lowest BCUT2D eigenvalue weighted by Crippen LogP contribution is -2.10. The highest BCUT2D eigenvalue weighted by atomic mass is 35.5. The minimum absolute atomic E-state index is 0.135. The summed E-state index contributed by atoms with van der Waals surface area (Å²) in [7, 11) is 0. The molecule has 0 aromatic heterocycles. The molecular weight excluding hydrogens is 396 g/mol. The Morgan fingerprint density at radius 2 is 0.968 bits per heavy atom. The van der Waals surface area contributed by atoms with Crippen LogP contribution in [0.4, 0.5) is 0 Å². The van der Waals surface area contributed by atoms with Crippen molar-refractivity contribution >= 4 is 33.1 Å². The molecule has 0 amide bonds. The second kappa shape index (κ2) is 7.55. The van der Waals surface area contributed by atoms with Gasteiger partial charge >= 0.3 is 0 Å². The lowest BCUT2D eigenvalue weighted by atomic mass is 9.83. The van der Waals surface area contributed by atoms with Gasteiger partial charge < -0.3 is 0 Å². The summed E-state index contributed by atoms with van der Waals surface area (Å²) < 4.78 is 0. The van der Waals surface area contributed by atoms with Gasteiger partial charge in [0.05, 0.1) is 0 Å². The van der Waals surface area contributed by atoms with Crippen molar-refractivity contribution in [2.75, 3.05) is 0 Å². The maximum absolute atomic E-state index is 6.68. The van der Waals surface area contributed by atoms with E-state index in [2.05, 4.69) is 106 Å². The first-order valence-electron chi connectivity index (χ1n) is 10.7. The first-order chi connectivity index (χ1) is 14.9. The number of halogens is 1. The molecule has 0 saturated heterocycles. The summed E-state index contributed by atoms with van der Waals surface area (Å²) in [6.07, 6.45) is 0. The Morgan fingerprint density at radius 1 is 0.516 bits per heavy atom. The van der Waals surface area contributed by atoms with Gasteiger partial charge in [0.1, 0.15) is 0 Å². The number of hydrogen-bond donors (Lipinski definition) is 0. The molecule has 5 aromatic rings. The minimum atomic E-state index is 0.135. The Morgan fingerprint density at radius 3 is 1.45 bits per heavy atom. The summed E-state index contributed by atoms with van der Waals surface area (Å²) in [5.74, 6) is 0. The van der Waals surface area contributed by atoms with E-state index < -0.39 is 0 Å². The van der Waals surface area contributed by atoms with Crippen LogP contribution in [0, 0.1) is 0 Å². The highest BCUT2D eigenvalue weighted by molar-refractivity contribution is 6.35. The molecule has 0 aliphatic rings. The van der Waals surface area contributed by atoms with E-state index in [1.165, 1.54) is 43.8 Å². The summed E-state index contributed by atoms with van der Waals surface area (Å²) in [4.78, 5) is 0. The molecule has 0 atom stereocenters. The van der Waals surface area contributed by atoms with Crippen LogP contribution in [0.25, 0.3) is 43.8 Å². The van der Waals surface area contributed by atoms with E-state index in [0.29, 0.717) is 0 Å². The largest absolute Gasteiger partial charge is 0.0837 e. The summed E-state index contributed by atoms with van der Waals surface area (Å²) in [6, 6.07) is 34.6. The molecule has 152 valence electrons. The van der Waals surface area contributed by atoms with E-state index in [1.54, 1.807) is 0 Å². The van der Waals surface area contributed by atoms with Crippen LogP contribution in [-0.4, -0.2) is 0 Å². The van der Waals surface area contributed by atoms with Crippen molar-refractivity contribution in [2.24, 2.45) is 0 Å². The Labute approximate surface area is 189 Å². The van der Waals surface area contributed by atoms with E-state index in [0.717, 1.165) is 10.6 Å². The molecule has 0 heterocycles. The van der Waals surface area contributed by atoms with Gasteiger partial charge in [0.25, 0.3) is 0 Å². The molecule has 0 N–H and O–H groups in total. The molecule has 0 bridgehead atoms. The Bertz CT molecular complexity index is 1350. The van der Waals surface area contributed by atoms with Crippen LogP contribution in [0.5, 0.6) is 0 Å². The minimum Gasteiger partial charge on any atom is -0.0837 e. The van der Waals surface area contributed by atoms with Crippen molar-refractivity contribution in [2.45, 2.75) is 26.2 Å². The lowest BCUT2D eigenvalue weighted by molar-refractivity contribution is 0.590. The fraction of sp³-hybridized carbons (Fsp3) is 0.133. The zero-order chi connectivity index (χ0) is 21.6. The predicted octanol–water partition coefficient (Wildman–Crippen LogP) is 9.28. The summed E-state index contributed by atoms with van der Waals surface area (Å²) in [5.41, 5.74) is 6.28. The maximum Gasteiger partial charge on any atom is 0.0484 e. The molecule has 0 aliphatic carbocycles. The third-order valence-corrected chi connectivity index (χ3v) is 6.44. The molecule has 5 rings (SSSR count). The number of rotatable bonds is 2. The van der Waals surface area contributed by atoms with E-state index in [-0.39, 0.29) is 5.41 Å². The molecule has 0 spiro atoms. The van der Waals surface area contributed by atoms with Crippen molar-refractivity contribution in [3.8, 4) is 22.3 Å². The van der Waals surface area contributed by atoms with Crippen molar-refractivity contribution < 1.29 is 0 Å². The molecule has 0 aliphatic heterocycles. The lowest BCUT2D eigenvalue weighted by Gasteiger charge is -2.21. The van der Waals surface area contributed by atoms with Crippen LogP contribution in [0.15, 0.2) is 97.1 Å². The maximum atomic E-state index is 6.68. The molecule has 31 heavy (non-hydrogen) atoms. The van der Waals surface area contributed by atoms with Crippen molar-refractivity contribution in [1.82, 2.24) is 0 Å². The number of fused-ring (bicyclic) bond motifs is 2. The highest BCUT2D eigenvalue weighted by Crippen LogP contribution is 2.45. The normalized spacial score (nSPS) is 11.9. The standard InChI is InChI=1S/C30H25Cl/c1-30(2,3)21-18-16-20(17-19-21)28-22-10-4-6-12-24(22)29(25-13-7-5-11-23(25)28)26-14-8-9-15-27(26)31/h4-19H,1-3H3. The number of hydrogen-bond acceptors (Lipinski definition) is 0. The fourth-order valence-corrected chi connectivity index (χ4v) is 4.76. The van der Waals surface area contributed by atoms with Crippen LogP contribution < -0.4 is 0 Å². The highest BCUT2D eigenvalue weighted by Gasteiger charge is 2.18. The van der Waals surface area contributed by atoms with Crippen LogP contribution in [0.2, 0.25) is 5.02 Å². The molecule has 0 nitrogen and oxygen atoms in total. The first-order valence-corrected chi connectivity index (χ1v) is 11.1. The first kappa shape index (κ1) is 19.8. The van der Waals surface area contributed by atoms with Gasteiger partial charge in [-0.3, -0.25) is 0 Å². The zero-order valence-electron chi connectivity index (χ0n) is 18.1. The molecule has 0 fully saturated rings. The average molecular weight is 421 g/mol. The predicted molar refractivity (Wildman–Crippen MR) is 136 cm³/mol. The van der Waals surface area contributed by atoms with Gasteiger partial charge in [-0.15, -0.1) is 0 Å². The summed E-state index contributed by atoms with van der Waals surface area (Å²) in [5, 5.41) is 5.73. The molecule has 0 saturated carbocycles. The van der Waals surface area contributed by atoms with Crippen LogP contribution in [-0.2, 0) is 5.41 Å². The molecule has 0 radical (unpaired) electrons. The van der Waals surface area contributed by atoms with Crippen LogP contribution in [0.3, 0.4) is 0 Å². The van der Waals surface area contributed by atoms with E-state index in [1.807, 2.05) is 12.1 Å². The van der Waals surface area contributed by atoms with Crippen LogP contribution >= 0.6 is 11.6 Å².